The van der Waals surface area contributed by atoms with E-state index < -0.39 is 13.7 Å². The maximum absolute atomic E-state index is 9.73. The van der Waals surface area contributed by atoms with Crippen LogP contribution in [0.4, 0.5) is 0 Å². The topological polar surface area (TPSA) is 40.5 Å². The third kappa shape index (κ3) is 8.30. The molecular formula is C11H22O2Si. The number of hydrogen-bond acceptors (Lipinski definition) is 2. The van der Waals surface area contributed by atoms with Crippen molar-refractivity contribution in [1.29, 1.82) is 0 Å². The van der Waals surface area contributed by atoms with Crippen LogP contribution >= 0.6 is 0 Å². The van der Waals surface area contributed by atoms with Gasteiger partial charge in [0.15, 0.2) is 0 Å². The van der Waals surface area contributed by atoms with E-state index in [1.807, 2.05) is 0 Å². The third-order valence-corrected chi connectivity index (χ3v) is 2.83. The van der Waals surface area contributed by atoms with Crippen molar-refractivity contribution in [3.8, 4) is 11.5 Å². The Morgan fingerprint density at radius 3 is 2.21 bits per heavy atom. The molecule has 0 aliphatic heterocycles. The van der Waals surface area contributed by atoms with Crippen LogP contribution in [0.25, 0.3) is 0 Å². The molecule has 0 radical (unpaired) electrons. The maximum atomic E-state index is 9.73. The van der Waals surface area contributed by atoms with Gasteiger partial charge in [-0.15, -0.1) is 11.5 Å². The first-order chi connectivity index (χ1) is 6.27. The first kappa shape index (κ1) is 13.7. The fraction of sp³-hybridized carbons (Fsp3) is 0.818. The minimum Gasteiger partial charge on any atom is -0.396 e. The first-order valence-corrected chi connectivity index (χ1v) is 8.60. The lowest BCUT2D eigenvalue weighted by atomic mass is 9.97. The highest BCUT2D eigenvalue weighted by Crippen LogP contribution is 2.15. The smallest absolute Gasteiger partial charge is 0.129 e. The number of rotatable bonds is 4. The third-order valence-electron chi connectivity index (χ3n) is 1.90. The van der Waals surface area contributed by atoms with Crippen LogP contribution in [0, 0.1) is 11.5 Å². The molecule has 2 nitrogen and oxygen atoms in total. The summed E-state index contributed by atoms with van der Waals surface area (Å²) in [5.74, 6) is 3.11. The van der Waals surface area contributed by atoms with Gasteiger partial charge in [-0.25, -0.2) is 0 Å². The second-order valence-corrected chi connectivity index (χ2v) is 9.77. The lowest BCUT2D eigenvalue weighted by molar-refractivity contribution is 0.0269. The van der Waals surface area contributed by atoms with Gasteiger partial charge in [0.05, 0.1) is 5.60 Å². The van der Waals surface area contributed by atoms with Gasteiger partial charge in [0, 0.05) is 13.0 Å². The molecular weight excluding hydrogens is 192 g/mol. The van der Waals surface area contributed by atoms with E-state index in [4.69, 9.17) is 5.11 Å². The Kier molecular flexibility index (Phi) is 5.43. The van der Waals surface area contributed by atoms with E-state index in [1.165, 1.54) is 0 Å². The zero-order chi connectivity index (χ0) is 11.2. The molecule has 14 heavy (non-hydrogen) atoms. The maximum Gasteiger partial charge on any atom is 0.129 e. The predicted molar refractivity (Wildman–Crippen MR) is 62.7 cm³/mol. The molecule has 1 atom stereocenters. The van der Waals surface area contributed by atoms with E-state index in [-0.39, 0.29) is 6.61 Å². The zero-order valence-electron chi connectivity index (χ0n) is 9.72. The standard InChI is InChI=1S/C11H22O2Si/c1-11(13,8-9-12)7-5-6-10-14(2,3)4/h12-13H,5,7-9H2,1-4H3. The molecule has 82 valence electrons. The van der Waals surface area contributed by atoms with Gasteiger partial charge in [0.1, 0.15) is 8.07 Å². The van der Waals surface area contributed by atoms with Crippen molar-refractivity contribution in [3.63, 3.8) is 0 Å². The van der Waals surface area contributed by atoms with Crippen molar-refractivity contribution < 1.29 is 10.2 Å². The number of aliphatic hydroxyl groups excluding tert-OH is 1. The molecule has 0 saturated heterocycles. The molecule has 0 amide bonds. The highest BCUT2D eigenvalue weighted by atomic mass is 28.3. The SMILES string of the molecule is CC(O)(CCO)CCC#C[Si](C)(C)C. The summed E-state index contributed by atoms with van der Waals surface area (Å²) < 4.78 is 0. The molecule has 0 spiro atoms. The van der Waals surface area contributed by atoms with Gasteiger partial charge in [-0.3, -0.25) is 0 Å². The van der Waals surface area contributed by atoms with Crippen LogP contribution in [-0.4, -0.2) is 30.5 Å². The Morgan fingerprint density at radius 1 is 1.21 bits per heavy atom. The van der Waals surface area contributed by atoms with Gasteiger partial charge < -0.3 is 10.2 Å². The lowest BCUT2D eigenvalue weighted by Crippen LogP contribution is -2.25. The minimum atomic E-state index is -1.26. The lowest BCUT2D eigenvalue weighted by Gasteiger charge is -2.20. The summed E-state index contributed by atoms with van der Waals surface area (Å²) in [6, 6.07) is 0. The quantitative estimate of drug-likeness (QED) is 0.553. The summed E-state index contributed by atoms with van der Waals surface area (Å²) in [5.41, 5.74) is 2.49. The van der Waals surface area contributed by atoms with E-state index in [2.05, 4.69) is 31.1 Å². The van der Waals surface area contributed by atoms with Crippen LogP contribution in [0.5, 0.6) is 0 Å². The molecule has 0 bridgehead atoms. The van der Waals surface area contributed by atoms with Crippen molar-refractivity contribution in [2.75, 3.05) is 6.61 Å². The van der Waals surface area contributed by atoms with Crippen molar-refractivity contribution >= 4 is 8.07 Å². The Bertz CT molecular complexity index is 218. The number of hydrogen-bond donors (Lipinski definition) is 2. The molecule has 0 rings (SSSR count). The van der Waals surface area contributed by atoms with Crippen molar-refractivity contribution in [3.05, 3.63) is 0 Å². The van der Waals surface area contributed by atoms with Gasteiger partial charge >= 0.3 is 0 Å². The summed E-state index contributed by atoms with van der Waals surface area (Å²) in [6.45, 7) is 8.39. The Balaban J connectivity index is 3.88. The molecule has 0 fully saturated rings. The highest BCUT2D eigenvalue weighted by Gasteiger charge is 2.18. The van der Waals surface area contributed by atoms with Crippen molar-refractivity contribution in [1.82, 2.24) is 0 Å². The van der Waals surface area contributed by atoms with Gasteiger partial charge in [-0.2, -0.15) is 0 Å². The average Bonchev–Trinajstić information content (AvgIpc) is 1.96. The van der Waals surface area contributed by atoms with Crippen LogP contribution < -0.4 is 0 Å². The van der Waals surface area contributed by atoms with Gasteiger partial charge in [0.25, 0.3) is 0 Å². The van der Waals surface area contributed by atoms with Crippen LogP contribution in [0.15, 0.2) is 0 Å². The molecule has 0 heterocycles. The Labute approximate surface area is 88.4 Å². The highest BCUT2D eigenvalue weighted by molar-refractivity contribution is 6.83. The van der Waals surface area contributed by atoms with Gasteiger partial charge in [0.2, 0.25) is 0 Å². The van der Waals surface area contributed by atoms with Crippen LogP contribution in [0.1, 0.15) is 26.2 Å². The largest absolute Gasteiger partial charge is 0.396 e. The summed E-state index contributed by atoms with van der Waals surface area (Å²) >= 11 is 0. The fourth-order valence-corrected chi connectivity index (χ4v) is 1.68. The zero-order valence-corrected chi connectivity index (χ0v) is 10.7. The van der Waals surface area contributed by atoms with Crippen LogP contribution in [0.3, 0.4) is 0 Å². The van der Waals surface area contributed by atoms with E-state index in [0.29, 0.717) is 12.8 Å². The monoisotopic (exact) mass is 214 g/mol. The second kappa shape index (κ2) is 5.55. The van der Waals surface area contributed by atoms with Crippen LogP contribution in [0.2, 0.25) is 19.6 Å². The molecule has 0 saturated carbocycles. The summed E-state index contributed by atoms with van der Waals surface area (Å²) in [6.07, 6.45) is 1.80. The molecule has 0 aliphatic rings. The van der Waals surface area contributed by atoms with Crippen molar-refractivity contribution in [2.24, 2.45) is 0 Å². The van der Waals surface area contributed by atoms with E-state index in [0.717, 1.165) is 6.42 Å². The minimum absolute atomic E-state index is 0.0362. The molecule has 0 aromatic heterocycles. The number of aliphatic hydroxyl groups is 2. The van der Waals surface area contributed by atoms with Gasteiger partial charge in [-0.05, 0) is 19.8 Å². The van der Waals surface area contributed by atoms with Gasteiger partial charge in [-0.1, -0.05) is 19.6 Å². The van der Waals surface area contributed by atoms with E-state index in [9.17, 15) is 5.11 Å². The van der Waals surface area contributed by atoms with E-state index >= 15 is 0 Å². The van der Waals surface area contributed by atoms with Crippen LogP contribution in [-0.2, 0) is 0 Å². The molecule has 0 aromatic rings. The second-order valence-electron chi connectivity index (χ2n) is 5.02. The molecule has 2 N–H and O–H groups in total. The molecule has 0 aliphatic carbocycles. The summed E-state index contributed by atoms with van der Waals surface area (Å²) in [5, 5.41) is 18.4. The summed E-state index contributed by atoms with van der Waals surface area (Å²) in [4.78, 5) is 0. The summed E-state index contributed by atoms with van der Waals surface area (Å²) in [7, 11) is -1.26. The van der Waals surface area contributed by atoms with Crippen molar-refractivity contribution in [2.45, 2.75) is 51.4 Å². The fourth-order valence-electron chi connectivity index (χ4n) is 1.03. The predicted octanol–water partition coefficient (Wildman–Crippen LogP) is 1.78. The first-order valence-electron chi connectivity index (χ1n) is 5.10. The average molecular weight is 214 g/mol. The Morgan fingerprint density at radius 2 is 1.79 bits per heavy atom. The molecule has 0 aromatic carbocycles. The van der Waals surface area contributed by atoms with E-state index in [1.54, 1.807) is 6.92 Å². The molecule has 1 unspecified atom stereocenters. The normalized spacial score (nSPS) is 15.6. The Hall–Kier alpha value is -0.303. The molecule has 3 heteroatoms.